The average Bonchev–Trinajstić information content (AvgIpc) is 3.47. The monoisotopic (exact) mass is 490 g/mol. The largest absolute Gasteiger partial charge is 0.454 e. The van der Waals surface area contributed by atoms with Crippen LogP contribution in [0, 0.1) is 5.92 Å². The Bertz CT molecular complexity index is 1130. The van der Waals surface area contributed by atoms with Gasteiger partial charge in [-0.15, -0.1) is 0 Å². The minimum absolute atomic E-state index is 0.108. The van der Waals surface area contributed by atoms with Crippen LogP contribution in [0.25, 0.3) is 0 Å². The van der Waals surface area contributed by atoms with Crippen LogP contribution in [0.1, 0.15) is 53.8 Å². The van der Waals surface area contributed by atoms with Crippen molar-refractivity contribution >= 4 is 11.8 Å². The van der Waals surface area contributed by atoms with E-state index >= 15 is 0 Å². The lowest BCUT2D eigenvalue weighted by Crippen LogP contribution is -2.36. The SMILES string of the molecule is CCCN(Cc1cccn1Cc1ccc(C(=O)N(CCN(C)C)Cc2ccccc2)o1)C(=O)C1CC1. The minimum Gasteiger partial charge on any atom is -0.454 e. The van der Waals surface area contributed by atoms with E-state index in [-0.39, 0.29) is 17.7 Å². The Labute approximate surface area is 214 Å². The quantitative estimate of drug-likeness (QED) is 0.354. The van der Waals surface area contributed by atoms with Crippen LogP contribution < -0.4 is 0 Å². The predicted octanol–water partition coefficient (Wildman–Crippen LogP) is 4.48. The maximum Gasteiger partial charge on any atom is 0.289 e. The van der Waals surface area contributed by atoms with Crippen LogP contribution in [0.5, 0.6) is 0 Å². The highest BCUT2D eigenvalue weighted by Gasteiger charge is 2.33. The molecule has 1 aliphatic rings. The average molecular weight is 491 g/mol. The van der Waals surface area contributed by atoms with Gasteiger partial charge in [0.2, 0.25) is 5.91 Å². The molecule has 1 saturated carbocycles. The van der Waals surface area contributed by atoms with E-state index in [9.17, 15) is 9.59 Å². The Balaban J connectivity index is 1.44. The van der Waals surface area contributed by atoms with E-state index in [0.29, 0.717) is 31.9 Å². The lowest BCUT2D eigenvalue weighted by Gasteiger charge is -2.24. The molecule has 1 aromatic carbocycles. The maximum atomic E-state index is 13.4. The molecule has 3 aromatic rings. The van der Waals surface area contributed by atoms with Crippen LogP contribution in [0.4, 0.5) is 0 Å². The Morgan fingerprint density at radius 1 is 0.917 bits per heavy atom. The Hall–Kier alpha value is -3.32. The first-order chi connectivity index (χ1) is 17.4. The lowest BCUT2D eigenvalue weighted by molar-refractivity contribution is -0.133. The van der Waals surface area contributed by atoms with Crippen molar-refractivity contribution in [1.29, 1.82) is 0 Å². The van der Waals surface area contributed by atoms with Gasteiger partial charge in [-0.2, -0.15) is 0 Å². The number of amides is 2. The molecule has 1 aliphatic carbocycles. The van der Waals surface area contributed by atoms with Crippen molar-refractivity contribution in [2.75, 3.05) is 33.7 Å². The van der Waals surface area contributed by atoms with E-state index in [1.165, 1.54) is 0 Å². The van der Waals surface area contributed by atoms with Crippen molar-refractivity contribution in [1.82, 2.24) is 19.3 Å². The van der Waals surface area contributed by atoms with E-state index < -0.39 is 0 Å². The number of carbonyl (C=O) groups excluding carboxylic acids is 2. The van der Waals surface area contributed by atoms with Crippen LogP contribution in [0.3, 0.4) is 0 Å². The lowest BCUT2D eigenvalue weighted by atomic mass is 10.2. The zero-order valence-electron chi connectivity index (χ0n) is 21.7. The number of rotatable bonds is 13. The molecule has 36 heavy (non-hydrogen) atoms. The third-order valence-corrected chi connectivity index (χ3v) is 6.53. The number of likely N-dealkylation sites (N-methyl/N-ethyl adjacent to an activating group) is 1. The highest BCUT2D eigenvalue weighted by molar-refractivity contribution is 5.91. The second-order valence-corrected chi connectivity index (χ2v) is 9.94. The van der Waals surface area contributed by atoms with Crippen molar-refractivity contribution in [3.63, 3.8) is 0 Å². The molecule has 0 unspecified atom stereocenters. The maximum absolute atomic E-state index is 13.4. The molecule has 0 N–H and O–H groups in total. The molecule has 1 fully saturated rings. The molecule has 0 radical (unpaired) electrons. The number of carbonyl (C=O) groups is 2. The van der Waals surface area contributed by atoms with Crippen LogP contribution in [-0.4, -0.2) is 64.8 Å². The molecule has 2 aromatic heterocycles. The first-order valence-electron chi connectivity index (χ1n) is 12.9. The van der Waals surface area contributed by atoms with Gasteiger partial charge in [-0.3, -0.25) is 9.59 Å². The van der Waals surface area contributed by atoms with Gasteiger partial charge in [0.1, 0.15) is 5.76 Å². The summed E-state index contributed by atoms with van der Waals surface area (Å²) in [6.45, 7) is 5.90. The van der Waals surface area contributed by atoms with Crippen LogP contribution in [0.2, 0.25) is 0 Å². The van der Waals surface area contributed by atoms with Crippen molar-refractivity contribution in [3.05, 3.63) is 83.6 Å². The van der Waals surface area contributed by atoms with Gasteiger partial charge in [0.05, 0.1) is 13.1 Å². The Morgan fingerprint density at radius 2 is 1.69 bits per heavy atom. The first kappa shape index (κ1) is 25.8. The summed E-state index contributed by atoms with van der Waals surface area (Å²) in [5, 5.41) is 0. The fraction of sp³-hybridized carbons (Fsp3) is 0.448. The zero-order valence-corrected chi connectivity index (χ0v) is 21.7. The summed E-state index contributed by atoms with van der Waals surface area (Å²) in [5.74, 6) is 1.45. The van der Waals surface area contributed by atoms with Gasteiger partial charge in [0, 0.05) is 44.0 Å². The summed E-state index contributed by atoms with van der Waals surface area (Å²) in [5.41, 5.74) is 2.16. The van der Waals surface area contributed by atoms with Crippen molar-refractivity contribution in [3.8, 4) is 0 Å². The molecule has 7 nitrogen and oxygen atoms in total. The van der Waals surface area contributed by atoms with Gasteiger partial charge in [-0.05, 0) is 63.2 Å². The first-order valence-corrected chi connectivity index (χ1v) is 12.9. The molecule has 192 valence electrons. The molecule has 2 amide bonds. The second kappa shape index (κ2) is 12.1. The second-order valence-electron chi connectivity index (χ2n) is 9.94. The normalized spacial score (nSPS) is 13.2. The van der Waals surface area contributed by atoms with E-state index in [4.69, 9.17) is 4.42 Å². The summed E-state index contributed by atoms with van der Waals surface area (Å²) < 4.78 is 8.14. The molecule has 0 saturated heterocycles. The van der Waals surface area contributed by atoms with E-state index in [1.54, 1.807) is 6.07 Å². The van der Waals surface area contributed by atoms with E-state index in [1.807, 2.05) is 72.6 Å². The third-order valence-electron chi connectivity index (χ3n) is 6.53. The Kier molecular flexibility index (Phi) is 8.65. The molecule has 0 atom stereocenters. The fourth-order valence-corrected chi connectivity index (χ4v) is 4.35. The Morgan fingerprint density at radius 3 is 2.39 bits per heavy atom. The number of nitrogens with zero attached hydrogens (tertiary/aromatic N) is 4. The van der Waals surface area contributed by atoms with Crippen LogP contribution >= 0.6 is 0 Å². The highest BCUT2D eigenvalue weighted by atomic mass is 16.4. The fourth-order valence-electron chi connectivity index (χ4n) is 4.35. The van der Waals surface area contributed by atoms with E-state index in [0.717, 1.165) is 49.4 Å². The van der Waals surface area contributed by atoms with Crippen molar-refractivity contribution < 1.29 is 14.0 Å². The molecule has 0 spiro atoms. The van der Waals surface area contributed by atoms with Gasteiger partial charge >= 0.3 is 0 Å². The van der Waals surface area contributed by atoms with Crippen molar-refractivity contribution in [2.45, 2.75) is 45.8 Å². The molecule has 2 heterocycles. The molecule has 0 aliphatic heterocycles. The number of aromatic nitrogens is 1. The number of hydrogen-bond donors (Lipinski definition) is 0. The number of furan rings is 1. The molecular formula is C29H38N4O3. The van der Waals surface area contributed by atoms with Gasteiger partial charge in [-0.1, -0.05) is 37.3 Å². The number of benzene rings is 1. The summed E-state index contributed by atoms with van der Waals surface area (Å²) in [7, 11) is 4.01. The summed E-state index contributed by atoms with van der Waals surface area (Å²) >= 11 is 0. The summed E-state index contributed by atoms with van der Waals surface area (Å²) in [6.07, 6.45) is 4.97. The van der Waals surface area contributed by atoms with Gasteiger partial charge in [0.15, 0.2) is 5.76 Å². The standard InChI is InChI=1S/C29H38N4O3/c1-4-16-32(28(34)24-12-13-24)21-25-11-8-17-31(25)22-26-14-15-27(36-26)29(35)33(19-18-30(2)3)20-23-9-6-5-7-10-23/h5-11,14-15,17,24H,4,12-13,16,18-22H2,1-3H3. The summed E-state index contributed by atoms with van der Waals surface area (Å²) in [6, 6.07) is 17.7. The minimum atomic E-state index is -0.108. The predicted molar refractivity (Wildman–Crippen MR) is 140 cm³/mol. The van der Waals surface area contributed by atoms with E-state index in [2.05, 4.69) is 22.5 Å². The highest BCUT2D eigenvalue weighted by Crippen LogP contribution is 2.31. The van der Waals surface area contributed by atoms with Gasteiger partial charge in [0.25, 0.3) is 5.91 Å². The molecule has 4 rings (SSSR count). The summed E-state index contributed by atoms with van der Waals surface area (Å²) in [4.78, 5) is 32.0. The zero-order chi connectivity index (χ0) is 25.5. The molecule has 7 heteroatoms. The molecule has 0 bridgehead atoms. The van der Waals surface area contributed by atoms with Crippen LogP contribution in [0.15, 0.2) is 65.2 Å². The third kappa shape index (κ3) is 6.88. The topological polar surface area (TPSA) is 61.9 Å². The van der Waals surface area contributed by atoms with Crippen LogP contribution in [-0.2, 0) is 24.4 Å². The van der Waals surface area contributed by atoms with Gasteiger partial charge < -0.3 is 23.7 Å². The smallest absolute Gasteiger partial charge is 0.289 e. The van der Waals surface area contributed by atoms with Gasteiger partial charge in [-0.25, -0.2) is 0 Å². The molecular weight excluding hydrogens is 452 g/mol. The number of hydrogen-bond acceptors (Lipinski definition) is 4. The van der Waals surface area contributed by atoms with Crippen molar-refractivity contribution in [2.24, 2.45) is 5.92 Å².